The Bertz CT molecular complexity index is 572. The molecule has 1 aliphatic rings. The number of hydrogen-bond donors (Lipinski definition) is 0. The number of nitrogens with zero attached hydrogens (tertiary/aromatic N) is 1. The molecule has 0 N–H and O–H groups in total. The maximum Gasteiger partial charge on any atom is 0.125 e. The minimum atomic E-state index is -0.142. The van der Waals surface area contributed by atoms with Crippen molar-refractivity contribution < 1.29 is 4.74 Å². The normalized spacial score (nSPS) is 18.1. The molecule has 0 amide bonds. The lowest BCUT2D eigenvalue weighted by molar-refractivity contribution is -0.0445. The molecule has 1 heterocycles. The van der Waals surface area contributed by atoms with Crippen LogP contribution in [0.3, 0.4) is 0 Å². The van der Waals surface area contributed by atoms with E-state index in [9.17, 15) is 0 Å². The molecule has 0 saturated heterocycles. The summed E-state index contributed by atoms with van der Waals surface area (Å²) in [5, 5.41) is 3.28. The first-order valence-corrected chi connectivity index (χ1v) is 8.68. The third-order valence-corrected chi connectivity index (χ3v) is 5.64. The van der Waals surface area contributed by atoms with Crippen molar-refractivity contribution in [2.24, 2.45) is 0 Å². The maximum atomic E-state index is 5.87. The van der Waals surface area contributed by atoms with Gasteiger partial charge in [0.2, 0.25) is 0 Å². The SMILES string of the molecule is COC1(c2nc(-c3ccc(Br)cc3)cs2)CCCCC1. The predicted octanol–water partition coefficient (Wildman–Crippen LogP) is 5.38. The van der Waals surface area contributed by atoms with Crippen molar-refractivity contribution in [1.29, 1.82) is 0 Å². The lowest BCUT2D eigenvalue weighted by Gasteiger charge is -2.34. The van der Waals surface area contributed by atoms with Crippen molar-refractivity contribution in [3.05, 3.63) is 39.1 Å². The Hall–Kier alpha value is -0.710. The average molecular weight is 352 g/mol. The zero-order valence-corrected chi connectivity index (χ0v) is 14.0. The second-order valence-corrected chi connectivity index (χ2v) is 7.08. The van der Waals surface area contributed by atoms with Gasteiger partial charge in [0, 0.05) is 22.5 Å². The number of aromatic nitrogens is 1. The summed E-state index contributed by atoms with van der Waals surface area (Å²) in [4.78, 5) is 4.86. The van der Waals surface area contributed by atoms with Crippen LogP contribution in [0.2, 0.25) is 0 Å². The van der Waals surface area contributed by atoms with Crippen molar-refractivity contribution in [3.8, 4) is 11.3 Å². The van der Waals surface area contributed by atoms with E-state index in [1.54, 1.807) is 11.3 Å². The largest absolute Gasteiger partial charge is 0.371 e. The summed E-state index contributed by atoms with van der Waals surface area (Å²) in [6, 6.07) is 8.31. The smallest absolute Gasteiger partial charge is 0.125 e. The Balaban J connectivity index is 1.91. The second kappa shape index (κ2) is 5.96. The molecule has 1 aliphatic carbocycles. The summed E-state index contributed by atoms with van der Waals surface area (Å²) in [5.74, 6) is 0. The molecule has 0 bridgehead atoms. The number of rotatable bonds is 3. The van der Waals surface area contributed by atoms with Crippen LogP contribution in [0.25, 0.3) is 11.3 Å². The first kappa shape index (κ1) is 14.2. The van der Waals surface area contributed by atoms with Gasteiger partial charge in [-0.3, -0.25) is 0 Å². The highest BCUT2D eigenvalue weighted by molar-refractivity contribution is 9.10. The Labute approximate surface area is 132 Å². The summed E-state index contributed by atoms with van der Waals surface area (Å²) in [6.45, 7) is 0. The van der Waals surface area contributed by atoms with Crippen LogP contribution in [0.15, 0.2) is 34.1 Å². The van der Waals surface area contributed by atoms with Gasteiger partial charge in [-0.15, -0.1) is 11.3 Å². The van der Waals surface area contributed by atoms with Crippen molar-refractivity contribution >= 4 is 27.3 Å². The molecule has 0 radical (unpaired) electrons. The van der Waals surface area contributed by atoms with Crippen LogP contribution in [0.5, 0.6) is 0 Å². The molecule has 0 unspecified atom stereocenters. The van der Waals surface area contributed by atoms with E-state index >= 15 is 0 Å². The topological polar surface area (TPSA) is 22.1 Å². The molecule has 0 atom stereocenters. The highest BCUT2D eigenvalue weighted by atomic mass is 79.9. The van der Waals surface area contributed by atoms with Gasteiger partial charge in [-0.1, -0.05) is 47.3 Å². The Kier molecular flexibility index (Phi) is 4.24. The van der Waals surface area contributed by atoms with Crippen LogP contribution in [0, 0.1) is 0 Å². The lowest BCUT2D eigenvalue weighted by atomic mass is 9.85. The van der Waals surface area contributed by atoms with Crippen LogP contribution >= 0.6 is 27.3 Å². The number of benzene rings is 1. The van der Waals surface area contributed by atoms with Gasteiger partial charge in [-0.05, 0) is 25.0 Å². The van der Waals surface area contributed by atoms with E-state index in [-0.39, 0.29) is 5.60 Å². The third-order valence-electron chi connectivity index (χ3n) is 4.09. The predicted molar refractivity (Wildman–Crippen MR) is 87.0 cm³/mol. The molecule has 1 fully saturated rings. The summed E-state index contributed by atoms with van der Waals surface area (Å²) < 4.78 is 6.97. The van der Waals surface area contributed by atoms with E-state index in [0.29, 0.717) is 0 Å². The van der Waals surface area contributed by atoms with Gasteiger partial charge in [0.25, 0.3) is 0 Å². The van der Waals surface area contributed by atoms with Gasteiger partial charge in [0.1, 0.15) is 10.6 Å². The number of hydrogen-bond acceptors (Lipinski definition) is 3. The summed E-state index contributed by atoms with van der Waals surface area (Å²) in [7, 11) is 1.83. The fourth-order valence-electron chi connectivity index (χ4n) is 2.86. The van der Waals surface area contributed by atoms with Crippen molar-refractivity contribution in [2.45, 2.75) is 37.7 Å². The van der Waals surface area contributed by atoms with Crippen LogP contribution in [-0.2, 0) is 10.3 Å². The molecule has 1 aromatic heterocycles. The van der Waals surface area contributed by atoms with Crippen LogP contribution in [-0.4, -0.2) is 12.1 Å². The molecule has 3 rings (SSSR count). The lowest BCUT2D eigenvalue weighted by Crippen LogP contribution is -2.30. The molecular formula is C16H18BrNOS. The van der Waals surface area contributed by atoms with Crippen molar-refractivity contribution in [1.82, 2.24) is 4.98 Å². The number of halogens is 1. The van der Waals surface area contributed by atoms with Crippen molar-refractivity contribution in [2.75, 3.05) is 7.11 Å². The van der Waals surface area contributed by atoms with Gasteiger partial charge in [-0.2, -0.15) is 0 Å². The van der Waals surface area contributed by atoms with E-state index in [1.807, 2.05) is 7.11 Å². The first-order chi connectivity index (χ1) is 9.73. The zero-order chi connectivity index (χ0) is 14.0. The minimum Gasteiger partial charge on any atom is -0.371 e. The molecular weight excluding hydrogens is 334 g/mol. The molecule has 1 aromatic carbocycles. The molecule has 1 saturated carbocycles. The van der Waals surface area contributed by atoms with E-state index in [4.69, 9.17) is 9.72 Å². The molecule has 20 heavy (non-hydrogen) atoms. The number of thiazole rings is 1. The van der Waals surface area contributed by atoms with Crippen LogP contribution < -0.4 is 0 Å². The second-order valence-electron chi connectivity index (χ2n) is 5.30. The maximum absolute atomic E-state index is 5.87. The zero-order valence-electron chi connectivity index (χ0n) is 11.6. The monoisotopic (exact) mass is 351 g/mol. The van der Waals surface area contributed by atoms with E-state index in [2.05, 4.69) is 45.6 Å². The van der Waals surface area contributed by atoms with Gasteiger partial charge >= 0.3 is 0 Å². The Morgan fingerprint density at radius 1 is 1.15 bits per heavy atom. The summed E-state index contributed by atoms with van der Waals surface area (Å²) >= 11 is 5.20. The van der Waals surface area contributed by atoms with Gasteiger partial charge in [0.05, 0.1) is 5.69 Å². The highest BCUT2D eigenvalue weighted by Crippen LogP contribution is 2.42. The highest BCUT2D eigenvalue weighted by Gasteiger charge is 2.36. The fourth-order valence-corrected chi connectivity index (χ4v) is 4.19. The average Bonchev–Trinajstić information content (AvgIpc) is 2.99. The quantitative estimate of drug-likeness (QED) is 0.740. The van der Waals surface area contributed by atoms with Gasteiger partial charge in [-0.25, -0.2) is 4.98 Å². The number of ether oxygens (including phenoxy) is 1. The van der Waals surface area contributed by atoms with Crippen molar-refractivity contribution in [3.63, 3.8) is 0 Å². The van der Waals surface area contributed by atoms with Gasteiger partial charge in [0.15, 0.2) is 0 Å². The van der Waals surface area contributed by atoms with Gasteiger partial charge < -0.3 is 4.74 Å². The van der Waals surface area contributed by atoms with Crippen LogP contribution in [0.1, 0.15) is 37.1 Å². The van der Waals surface area contributed by atoms with E-state index in [1.165, 1.54) is 19.3 Å². The standard InChI is InChI=1S/C16H18BrNOS/c1-19-16(9-3-2-4-10-16)15-18-14(11-20-15)12-5-7-13(17)8-6-12/h5-8,11H,2-4,9-10H2,1H3. The molecule has 0 spiro atoms. The number of methoxy groups -OCH3 is 1. The van der Waals surface area contributed by atoms with E-state index in [0.717, 1.165) is 33.6 Å². The summed E-state index contributed by atoms with van der Waals surface area (Å²) in [6.07, 6.45) is 5.98. The molecule has 4 heteroatoms. The minimum absolute atomic E-state index is 0.142. The fraction of sp³-hybridized carbons (Fsp3) is 0.438. The molecule has 106 valence electrons. The van der Waals surface area contributed by atoms with Crippen LogP contribution in [0.4, 0.5) is 0 Å². The first-order valence-electron chi connectivity index (χ1n) is 7.01. The summed E-state index contributed by atoms with van der Waals surface area (Å²) in [5.41, 5.74) is 2.08. The Morgan fingerprint density at radius 2 is 1.85 bits per heavy atom. The molecule has 0 aliphatic heterocycles. The Morgan fingerprint density at radius 3 is 2.50 bits per heavy atom. The third kappa shape index (κ3) is 2.69. The van der Waals surface area contributed by atoms with E-state index < -0.39 is 0 Å². The molecule has 2 aromatic rings. The molecule has 2 nitrogen and oxygen atoms in total.